The number of aliphatic imine (C=N–C) groups is 1. The van der Waals surface area contributed by atoms with Crippen LogP contribution in [-0.2, 0) is 12.3 Å². The topological polar surface area (TPSA) is 79.4 Å². The van der Waals surface area contributed by atoms with E-state index in [0.717, 1.165) is 18.4 Å². The number of rotatable bonds is 4. The Bertz CT molecular complexity index is 614. The molecular formula is C13H16N6OS. The summed E-state index contributed by atoms with van der Waals surface area (Å²) in [4.78, 5) is 15.0. The summed E-state index contributed by atoms with van der Waals surface area (Å²) in [6.45, 7) is 4.07. The number of nitrogens with one attached hydrogen (secondary N) is 1. The fraction of sp³-hybridized carbons (Fsp3) is 0.385. The highest BCUT2D eigenvalue weighted by atomic mass is 32.2. The molecule has 110 valence electrons. The van der Waals surface area contributed by atoms with Gasteiger partial charge in [-0.05, 0) is 11.6 Å². The molecule has 1 aliphatic heterocycles. The summed E-state index contributed by atoms with van der Waals surface area (Å²) in [5.41, 5.74) is 1.19. The molecule has 0 saturated carbocycles. The van der Waals surface area contributed by atoms with Crippen LogP contribution in [0.2, 0.25) is 0 Å². The van der Waals surface area contributed by atoms with Crippen LogP contribution in [0, 0.1) is 6.92 Å². The van der Waals surface area contributed by atoms with Crippen molar-refractivity contribution < 1.29 is 4.52 Å². The first kappa shape index (κ1) is 14.0. The number of pyridine rings is 1. The van der Waals surface area contributed by atoms with Crippen LogP contribution in [0.1, 0.15) is 17.3 Å². The van der Waals surface area contributed by atoms with E-state index < -0.39 is 0 Å². The average Bonchev–Trinajstić information content (AvgIpc) is 2.93. The quantitative estimate of drug-likeness (QED) is 0.914. The van der Waals surface area contributed by atoms with Crippen molar-refractivity contribution in [2.45, 2.75) is 19.2 Å². The molecular weight excluding hydrogens is 288 g/mol. The van der Waals surface area contributed by atoms with Crippen molar-refractivity contribution in [3.63, 3.8) is 0 Å². The summed E-state index contributed by atoms with van der Waals surface area (Å²) < 4.78 is 4.94. The first-order valence-electron chi connectivity index (χ1n) is 6.61. The molecule has 7 nitrogen and oxygen atoms in total. The zero-order valence-electron chi connectivity index (χ0n) is 11.7. The van der Waals surface area contributed by atoms with Gasteiger partial charge in [0.15, 0.2) is 11.0 Å². The summed E-state index contributed by atoms with van der Waals surface area (Å²) in [6.07, 6.45) is 3.66. The summed E-state index contributed by atoms with van der Waals surface area (Å²) in [7, 11) is 0. The van der Waals surface area contributed by atoms with Crippen molar-refractivity contribution in [2.24, 2.45) is 4.99 Å². The van der Waals surface area contributed by atoms with Crippen LogP contribution < -0.4 is 5.32 Å². The Morgan fingerprint density at radius 3 is 3.10 bits per heavy atom. The highest BCUT2D eigenvalue weighted by molar-refractivity contribution is 8.13. The van der Waals surface area contributed by atoms with Crippen LogP contribution in [0.3, 0.4) is 0 Å². The standard InChI is InChI=1S/C13H16N6OS/c1-10-17-12(18-20-10)7-21-13-15-8-19(9-16-13)6-11-3-2-4-14-5-11/h2-5H,6-9H2,1H3,(H,15,16). The van der Waals surface area contributed by atoms with Gasteiger partial charge in [-0.3, -0.25) is 9.88 Å². The van der Waals surface area contributed by atoms with Gasteiger partial charge < -0.3 is 9.84 Å². The summed E-state index contributed by atoms with van der Waals surface area (Å²) in [5.74, 6) is 1.94. The highest BCUT2D eigenvalue weighted by Crippen LogP contribution is 2.13. The molecule has 0 atom stereocenters. The van der Waals surface area contributed by atoms with Crippen LogP contribution in [0.4, 0.5) is 0 Å². The maximum absolute atomic E-state index is 4.94. The fourth-order valence-corrected chi connectivity index (χ4v) is 2.63. The lowest BCUT2D eigenvalue weighted by Crippen LogP contribution is -2.41. The lowest BCUT2D eigenvalue weighted by molar-refractivity contribution is 0.258. The van der Waals surface area contributed by atoms with Crippen LogP contribution in [-0.4, -0.2) is 38.5 Å². The lowest BCUT2D eigenvalue weighted by Gasteiger charge is -2.26. The zero-order valence-corrected chi connectivity index (χ0v) is 12.5. The molecule has 8 heteroatoms. The van der Waals surface area contributed by atoms with E-state index in [1.165, 1.54) is 5.56 Å². The molecule has 21 heavy (non-hydrogen) atoms. The molecule has 2 aromatic rings. The first-order valence-corrected chi connectivity index (χ1v) is 7.60. The van der Waals surface area contributed by atoms with Gasteiger partial charge in [0.25, 0.3) is 0 Å². The Kier molecular flexibility index (Phi) is 4.46. The molecule has 0 aromatic carbocycles. The molecule has 3 heterocycles. The Balaban J connectivity index is 1.48. The van der Waals surface area contributed by atoms with Gasteiger partial charge in [0.1, 0.15) is 0 Å². The van der Waals surface area contributed by atoms with Crippen molar-refractivity contribution >= 4 is 16.9 Å². The molecule has 0 radical (unpaired) electrons. The molecule has 0 saturated heterocycles. The predicted octanol–water partition coefficient (Wildman–Crippen LogP) is 1.38. The third-order valence-corrected chi connectivity index (χ3v) is 3.85. The first-order chi connectivity index (χ1) is 10.3. The smallest absolute Gasteiger partial charge is 0.223 e. The second-order valence-electron chi connectivity index (χ2n) is 4.65. The molecule has 0 fully saturated rings. The lowest BCUT2D eigenvalue weighted by atomic mass is 10.3. The van der Waals surface area contributed by atoms with Crippen molar-refractivity contribution in [2.75, 3.05) is 13.3 Å². The normalized spacial score (nSPS) is 15.6. The van der Waals surface area contributed by atoms with Gasteiger partial charge in [0, 0.05) is 25.9 Å². The molecule has 0 bridgehead atoms. The monoisotopic (exact) mass is 304 g/mol. The van der Waals surface area contributed by atoms with E-state index in [1.807, 2.05) is 12.3 Å². The number of amidine groups is 1. The van der Waals surface area contributed by atoms with E-state index in [2.05, 4.69) is 36.4 Å². The van der Waals surface area contributed by atoms with Crippen molar-refractivity contribution in [1.82, 2.24) is 25.3 Å². The van der Waals surface area contributed by atoms with Gasteiger partial charge in [0.05, 0.1) is 19.1 Å². The third-order valence-electron chi connectivity index (χ3n) is 2.90. The van der Waals surface area contributed by atoms with Crippen molar-refractivity contribution in [3.05, 3.63) is 41.8 Å². The molecule has 1 aliphatic rings. The van der Waals surface area contributed by atoms with Crippen LogP contribution in [0.15, 0.2) is 34.0 Å². The van der Waals surface area contributed by atoms with Gasteiger partial charge in [-0.2, -0.15) is 4.98 Å². The van der Waals surface area contributed by atoms with Gasteiger partial charge in [-0.15, -0.1) is 0 Å². The Morgan fingerprint density at radius 2 is 2.43 bits per heavy atom. The van der Waals surface area contributed by atoms with Crippen LogP contribution in [0.5, 0.6) is 0 Å². The maximum Gasteiger partial charge on any atom is 0.223 e. The fourth-order valence-electron chi connectivity index (χ4n) is 1.93. The summed E-state index contributed by atoms with van der Waals surface area (Å²) >= 11 is 1.59. The minimum Gasteiger partial charge on any atom is -0.352 e. The van der Waals surface area contributed by atoms with E-state index in [1.54, 1.807) is 24.9 Å². The number of aromatic nitrogens is 3. The SMILES string of the molecule is Cc1nc(CSC2=NCN(Cc3cccnc3)CN2)no1. The number of nitrogens with zero attached hydrogens (tertiary/aromatic N) is 5. The van der Waals surface area contributed by atoms with E-state index >= 15 is 0 Å². The predicted molar refractivity (Wildman–Crippen MR) is 80.4 cm³/mol. The zero-order chi connectivity index (χ0) is 14.5. The van der Waals surface area contributed by atoms with Crippen LogP contribution >= 0.6 is 11.8 Å². The van der Waals surface area contributed by atoms with E-state index in [0.29, 0.717) is 24.1 Å². The van der Waals surface area contributed by atoms with Crippen LogP contribution in [0.25, 0.3) is 0 Å². The molecule has 3 rings (SSSR count). The minimum atomic E-state index is 0.590. The van der Waals surface area contributed by atoms with Gasteiger partial charge >= 0.3 is 0 Å². The second-order valence-corrected chi connectivity index (χ2v) is 5.61. The van der Waals surface area contributed by atoms with Crippen molar-refractivity contribution in [1.29, 1.82) is 0 Å². The Morgan fingerprint density at radius 1 is 1.48 bits per heavy atom. The van der Waals surface area contributed by atoms with E-state index in [4.69, 9.17) is 4.52 Å². The summed E-state index contributed by atoms with van der Waals surface area (Å²) in [6, 6.07) is 4.02. The van der Waals surface area contributed by atoms with E-state index in [-0.39, 0.29) is 0 Å². The average molecular weight is 304 g/mol. The second kappa shape index (κ2) is 6.68. The van der Waals surface area contributed by atoms with Crippen molar-refractivity contribution in [3.8, 4) is 0 Å². The maximum atomic E-state index is 4.94. The number of hydrogen-bond acceptors (Lipinski definition) is 8. The Labute approximate surface area is 126 Å². The largest absolute Gasteiger partial charge is 0.352 e. The summed E-state index contributed by atoms with van der Waals surface area (Å²) in [5, 5.41) is 8.08. The highest BCUT2D eigenvalue weighted by Gasteiger charge is 2.13. The molecule has 0 aliphatic carbocycles. The van der Waals surface area contributed by atoms with Gasteiger partial charge in [-0.25, -0.2) is 4.99 Å². The third kappa shape index (κ3) is 4.02. The van der Waals surface area contributed by atoms with Gasteiger partial charge in [-0.1, -0.05) is 23.0 Å². The number of thioether (sulfide) groups is 1. The molecule has 1 N–H and O–H groups in total. The number of aryl methyl sites for hydroxylation is 1. The molecule has 0 spiro atoms. The van der Waals surface area contributed by atoms with E-state index in [9.17, 15) is 0 Å². The molecule has 2 aromatic heterocycles. The minimum absolute atomic E-state index is 0.590. The van der Waals surface area contributed by atoms with Gasteiger partial charge in [0.2, 0.25) is 5.89 Å². The molecule has 0 unspecified atom stereocenters. The Hall–Kier alpha value is -1.93. The molecule has 0 amide bonds. The number of hydrogen-bond donors (Lipinski definition) is 1.